The second-order valence-corrected chi connectivity index (χ2v) is 9.27. The fourth-order valence-electron chi connectivity index (χ4n) is 3.08. The maximum atomic E-state index is 12.9. The lowest BCUT2D eigenvalue weighted by Gasteiger charge is -2.27. The number of methoxy groups -OCH3 is 1. The summed E-state index contributed by atoms with van der Waals surface area (Å²) in [6.07, 6.45) is -0.457. The van der Waals surface area contributed by atoms with Gasteiger partial charge in [0.25, 0.3) is 0 Å². The highest BCUT2D eigenvalue weighted by atomic mass is 32.2. The molecule has 2 aromatic rings. The van der Waals surface area contributed by atoms with E-state index in [0.29, 0.717) is 5.75 Å². The van der Waals surface area contributed by atoms with Crippen LogP contribution in [0.1, 0.15) is 25.8 Å². The molecule has 0 saturated heterocycles. The molecule has 1 atom stereocenters. The molecule has 0 saturated carbocycles. The van der Waals surface area contributed by atoms with Gasteiger partial charge in [0.2, 0.25) is 15.9 Å². The Labute approximate surface area is 194 Å². The van der Waals surface area contributed by atoms with Crippen molar-refractivity contribution >= 4 is 21.9 Å². The average Bonchev–Trinajstić information content (AvgIpc) is 2.80. The first-order chi connectivity index (χ1) is 15.7. The van der Waals surface area contributed by atoms with Crippen LogP contribution >= 0.6 is 0 Å². The lowest BCUT2D eigenvalue weighted by Crippen LogP contribution is -2.47. The van der Waals surface area contributed by atoms with Gasteiger partial charge in [0.1, 0.15) is 18.4 Å². The predicted molar refractivity (Wildman–Crippen MR) is 122 cm³/mol. The molecular weight excluding hydrogens is 448 g/mol. The van der Waals surface area contributed by atoms with Gasteiger partial charge in [-0.15, -0.1) is 0 Å². The number of benzene rings is 2. The molecule has 2 aromatic carbocycles. The molecule has 10 heteroatoms. The molecule has 0 aliphatic carbocycles. The second kappa shape index (κ2) is 12.3. The lowest BCUT2D eigenvalue weighted by atomic mass is 10.1. The van der Waals surface area contributed by atoms with Gasteiger partial charge >= 0.3 is 5.97 Å². The molecule has 0 unspecified atom stereocenters. The summed E-state index contributed by atoms with van der Waals surface area (Å²) in [7, 11) is -2.69. The summed E-state index contributed by atoms with van der Waals surface area (Å²) in [6, 6.07) is 12.8. The summed E-state index contributed by atoms with van der Waals surface area (Å²) in [5.41, 5.74) is 0.720. The maximum absolute atomic E-state index is 12.9. The molecule has 33 heavy (non-hydrogen) atoms. The van der Waals surface area contributed by atoms with E-state index in [4.69, 9.17) is 9.47 Å². The van der Waals surface area contributed by atoms with E-state index in [-0.39, 0.29) is 30.7 Å². The van der Waals surface area contributed by atoms with E-state index in [1.807, 2.05) is 6.07 Å². The van der Waals surface area contributed by atoms with Gasteiger partial charge in [-0.05, 0) is 43.7 Å². The van der Waals surface area contributed by atoms with Crippen LogP contribution in [0.2, 0.25) is 0 Å². The minimum Gasteiger partial charge on any atom is -0.497 e. The first-order valence-electron chi connectivity index (χ1n) is 10.4. The van der Waals surface area contributed by atoms with Gasteiger partial charge in [0.05, 0.1) is 25.0 Å². The molecule has 180 valence electrons. The summed E-state index contributed by atoms with van der Waals surface area (Å²) in [4.78, 5) is 26.9. The number of sulfonamides is 1. The monoisotopic (exact) mass is 478 g/mol. The standard InChI is InChI=1S/C23H30N2O7S/c1-17(2)25(13-14-26)22(27)15-21(23(28)32-16-18-7-5-4-6-8-18)24-33(29,30)20-11-9-19(31-3)10-12-20/h4-12,17,21,24,26H,13-16H2,1-3H3/t21-/m1/s1. The van der Waals surface area contributed by atoms with Crippen LogP contribution < -0.4 is 9.46 Å². The highest BCUT2D eigenvalue weighted by molar-refractivity contribution is 7.89. The van der Waals surface area contributed by atoms with Crippen molar-refractivity contribution in [2.45, 2.75) is 43.9 Å². The number of rotatable bonds is 12. The molecule has 0 aromatic heterocycles. The molecule has 0 aliphatic rings. The molecule has 2 N–H and O–H groups in total. The van der Waals surface area contributed by atoms with E-state index >= 15 is 0 Å². The van der Waals surface area contributed by atoms with E-state index in [1.54, 1.807) is 38.1 Å². The van der Waals surface area contributed by atoms with E-state index < -0.39 is 34.4 Å². The molecule has 0 radical (unpaired) electrons. The van der Waals surface area contributed by atoms with Gasteiger partial charge in [0.15, 0.2) is 0 Å². The Morgan fingerprint density at radius 3 is 2.24 bits per heavy atom. The summed E-state index contributed by atoms with van der Waals surface area (Å²) in [6.45, 7) is 3.26. The Balaban J connectivity index is 2.24. The third-order valence-electron chi connectivity index (χ3n) is 4.84. The first kappa shape index (κ1) is 26.3. The van der Waals surface area contributed by atoms with Gasteiger partial charge in [-0.2, -0.15) is 4.72 Å². The van der Waals surface area contributed by atoms with Crippen molar-refractivity contribution in [1.82, 2.24) is 9.62 Å². The van der Waals surface area contributed by atoms with Crippen LogP contribution in [0.5, 0.6) is 5.75 Å². The maximum Gasteiger partial charge on any atom is 0.325 e. The number of amides is 1. The van der Waals surface area contributed by atoms with Crippen molar-refractivity contribution in [3.63, 3.8) is 0 Å². The molecule has 0 bridgehead atoms. The third kappa shape index (κ3) is 7.85. The fraction of sp³-hybridized carbons (Fsp3) is 0.391. The molecule has 2 rings (SSSR count). The lowest BCUT2D eigenvalue weighted by molar-refractivity contribution is -0.150. The minimum atomic E-state index is -4.14. The molecule has 9 nitrogen and oxygen atoms in total. The quantitative estimate of drug-likeness (QED) is 0.445. The highest BCUT2D eigenvalue weighted by Gasteiger charge is 2.31. The second-order valence-electron chi connectivity index (χ2n) is 7.55. The van der Waals surface area contributed by atoms with Crippen LogP contribution in [0.3, 0.4) is 0 Å². The Morgan fingerprint density at radius 1 is 1.06 bits per heavy atom. The predicted octanol–water partition coefficient (Wildman–Crippen LogP) is 1.70. The number of hydrogen-bond acceptors (Lipinski definition) is 7. The van der Waals surface area contributed by atoms with Crippen molar-refractivity contribution in [1.29, 1.82) is 0 Å². The smallest absolute Gasteiger partial charge is 0.325 e. The number of hydrogen-bond donors (Lipinski definition) is 2. The van der Waals surface area contributed by atoms with Crippen LogP contribution in [0.4, 0.5) is 0 Å². The Hall–Kier alpha value is -2.95. The zero-order valence-corrected chi connectivity index (χ0v) is 19.7. The van der Waals surface area contributed by atoms with Gasteiger partial charge in [-0.25, -0.2) is 8.42 Å². The Morgan fingerprint density at radius 2 is 1.70 bits per heavy atom. The fourth-order valence-corrected chi connectivity index (χ4v) is 4.27. The zero-order valence-electron chi connectivity index (χ0n) is 18.9. The van der Waals surface area contributed by atoms with Crippen LogP contribution in [0.25, 0.3) is 0 Å². The SMILES string of the molecule is COc1ccc(S(=O)(=O)N[C@H](CC(=O)N(CCO)C(C)C)C(=O)OCc2ccccc2)cc1. The number of nitrogens with one attached hydrogen (secondary N) is 1. The van der Waals surface area contributed by atoms with Crippen molar-refractivity contribution in [3.05, 3.63) is 60.2 Å². The number of nitrogens with zero attached hydrogens (tertiary/aromatic N) is 1. The van der Waals surface area contributed by atoms with Crippen molar-refractivity contribution < 1.29 is 32.6 Å². The largest absolute Gasteiger partial charge is 0.497 e. The highest BCUT2D eigenvalue weighted by Crippen LogP contribution is 2.17. The van der Waals surface area contributed by atoms with E-state index in [2.05, 4.69) is 4.72 Å². The van der Waals surface area contributed by atoms with Crippen LogP contribution in [-0.4, -0.2) is 62.6 Å². The number of carbonyl (C=O) groups is 2. The van der Waals surface area contributed by atoms with E-state index in [1.165, 1.54) is 36.3 Å². The molecule has 0 heterocycles. The average molecular weight is 479 g/mol. The topological polar surface area (TPSA) is 122 Å². The van der Waals surface area contributed by atoms with E-state index in [9.17, 15) is 23.1 Å². The Kier molecular flexibility index (Phi) is 9.83. The van der Waals surface area contributed by atoms with Gasteiger partial charge in [0, 0.05) is 12.6 Å². The number of ether oxygens (including phenoxy) is 2. The summed E-state index contributed by atoms with van der Waals surface area (Å²) < 4.78 is 38.5. The number of aliphatic hydroxyl groups excluding tert-OH is 1. The van der Waals surface area contributed by atoms with Gasteiger partial charge in [-0.1, -0.05) is 30.3 Å². The number of carbonyl (C=O) groups excluding carboxylic acids is 2. The van der Waals surface area contributed by atoms with E-state index in [0.717, 1.165) is 5.56 Å². The van der Waals surface area contributed by atoms with Crippen LogP contribution in [-0.2, 0) is 31.0 Å². The van der Waals surface area contributed by atoms with Crippen molar-refractivity contribution in [2.75, 3.05) is 20.3 Å². The van der Waals surface area contributed by atoms with Crippen molar-refractivity contribution in [2.24, 2.45) is 0 Å². The summed E-state index contributed by atoms with van der Waals surface area (Å²) in [5, 5.41) is 9.26. The number of esters is 1. The Bertz CT molecular complexity index is 1010. The molecular formula is C23H30N2O7S. The van der Waals surface area contributed by atoms with Crippen LogP contribution in [0, 0.1) is 0 Å². The number of aliphatic hydroxyl groups is 1. The zero-order chi connectivity index (χ0) is 24.4. The van der Waals surface area contributed by atoms with Gasteiger partial charge in [-0.3, -0.25) is 9.59 Å². The minimum absolute atomic E-state index is 0.0630. The molecule has 0 fully saturated rings. The first-order valence-corrected chi connectivity index (χ1v) is 11.9. The summed E-state index contributed by atoms with van der Waals surface area (Å²) >= 11 is 0. The van der Waals surface area contributed by atoms with Gasteiger partial charge < -0.3 is 19.5 Å². The van der Waals surface area contributed by atoms with Crippen molar-refractivity contribution in [3.8, 4) is 5.75 Å². The van der Waals surface area contributed by atoms with Crippen LogP contribution in [0.15, 0.2) is 59.5 Å². The molecule has 0 aliphatic heterocycles. The third-order valence-corrected chi connectivity index (χ3v) is 6.33. The molecule has 1 amide bonds. The molecule has 0 spiro atoms. The normalized spacial score (nSPS) is 12.3. The summed E-state index contributed by atoms with van der Waals surface area (Å²) in [5.74, 6) is -0.894.